The summed E-state index contributed by atoms with van der Waals surface area (Å²) in [7, 11) is 0. The summed E-state index contributed by atoms with van der Waals surface area (Å²) in [6.07, 6.45) is 3.60. The molecule has 10 nitrogen and oxygen atoms in total. The van der Waals surface area contributed by atoms with Gasteiger partial charge in [0, 0.05) is 12.3 Å². The number of hydrogen-bond donors (Lipinski definition) is 3. The van der Waals surface area contributed by atoms with E-state index in [9.17, 15) is 9.59 Å². The zero-order valence-corrected chi connectivity index (χ0v) is 19.6. The maximum absolute atomic E-state index is 12.5. The van der Waals surface area contributed by atoms with E-state index >= 15 is 0 Å². The van der Waals surface area contributed by atoms with Gasteiger partial charge in [-0.15, -0.1) is 0 Å². The Kier molecular flexibility index (Phi) is 14.9. The van der Waals surface area contributed by atoms with E-state index in [0.717, 1.165) is 25.7 Å². The summed E-state index contributed by atoms with van der Waals surface area (Å²) in [6.45, 7) is 9.29. The molecule has 0 aliphatic rings. The second-order valence-electron chi connectivity index (χ2n) is 7.56. The average molecular weight is 441 g/mol. The van der Waals surface area contributed by atoms with E-state index in [4.69, 9.17) is 26.7 Å². The highest BCUT2D eigenvalue weighted by Gasteiger charge is 2.21. The SMILES string of the molecule is CCCCC(N=C(C)COC(=O)C(N)CCCCN=C(C)N)C(=O)OC(C)/N=C(/C)N. The number of carbonyl (C=O) groups excluding carboxylic acids is 2. The number of ether oxygens (including phenoxy) is 2. The van der Waals surface area contributed by atoms with Gasteiger partial charge in [0.05, 0.1) is 11.7 Å². The molecule has 0 aliphatic heterocycles. The molecule has 0 fully saturated rings. The van der Waals surface area contributed by atoms with Gasteiger partial charge in [0.1, 0.15) is 18.7 Å². The van der Waals surface area contributed by atoms with Gasteiger partial charge in [-0.1, -0.05) is 19.8 Å². The third-order valence-corrected chi connectivity index (χ3v) is 4.16. The topological polar surface area (TPSA) is 168 Å². The Morgan fingerprint density at radius 3 is 2.19 bits per heavy atom. The molecule has 10 heteroatoms. The number of nitrogens with two attached hydrogens (primary N) is 3. The minimum absolute atomic E-state index is 0.0330. The van der Waals surface area contributed by atoms with Crippen LogP contribution in [0.2, 0.25) is 0 Å². The summed E-state index contributed by atoms with van der Waals surface area (Å²) in [5, 5.41) is 0. The van der Waals surface area contributed by atoms with Gasteiger partial charge in [-0.3, -0.25) is 14.8 Å². The standard InChI is InChI=1S/C21H40N6O4/c1-6-7-11-19(21(29)31-17(5)27-16(4)23)26-14(2)13-30-20(28)18(24)10-8-9-12-25-15(3)22/h17-19H,6-13,24H2,1-5H3,(H2,22,25)(H2,23,27). The number of rotatable bonds is 15. The van der Waals surface area contributed by atoms with Crippen LogP contribution >= 0.6 is 0 Å². The molecule has 0 spiro atoms. The molecule has 178 valence electrons. The molecule has 0 bridgehead atoms. The number of aliphatic imine (C=N–C) groups is 3. The van der Waals surface area contributed by atoms with E-state index in [-0.39, 0.29) is 6.61 Å². The lowest BCUT2D eigenvalue weighted by molar-refractivity contribution is -0.149. The molecule has 0 aromatic carbocycles. The number of esters is 2. The Hall–Kier alpha value is -2.49. The quantitative estimate of drug-likeness (QED) is 0.151. The number of nitrogens with zero attached hydrogens (tertiary/aromatic N) is 3. The molecule has 0 saturated heterocycles. The predicted octanol–water partition coefficient (Wildman–Crippen LogP) is 1.69. The van der Waals surface area contributed by atoms with Gasteiger partial charge in [-0.25, -0.2) is 9.79 Å². The maximum Gasteiger partial charge on any atom is 0.332 e. The van der Waals surface area contributed by atoms with Crippen LogP contribution in [-0.4, -0.2) is 60.8 Å². The molecule has 0 amide bonds. The van der Waals surface area contributed by atoms with Crippen LogP contribution in [0, 0.1) is 0 Å². The van der Waals surface area contributed by atoms with Crippen molar-refractivity contribution < 1.29 is 19.1 Å². The number of hydrogen-bond acceptors (Lipinski definition) is 8. The smallest absolute Gasteiger partial charge is 0.332 e. The molecule has 6 N–H and O–H groups in total. The van der Waals surface area contributed by atoms with Crippen molar-refractivity contribution in [2.75, 3.05) is 13.2 Å². The zero-order chi connectivity index (χ0) is 23.8. The lowest BCUT2D eigenvalue weighted by Crippen LogP contribution is -2.33. The number of unbranched alkanes of at least 4 members (excludes halogenated alkanes) is 2. The first-order valence-electron chi connectivity index (χ1n) is 10.8. The molecular formula is C21H40N6O4. The van der Waals surface area contributed by atoms with Gasteiger partial charge < -0.3 is 26.7 Å². The summed E-state index contributed by atoms with van der Waals surface area (Å²) in [4.78, 5) is 37.0. The van der Waals surface area contributed by atoms with Crippen LogP contribution < -0.4 is 17.2 Å². The summed E-state index contributed by atoms with van der Waals surface area (Å²) in [5.74, 6) is -0.113. The fourth-order valence-corrected chi connectivity index (χ4v) is 2.63. The second-order valence-corrected chi connectivity index (χ2v) is 7.56. The molecule has 0 saturated carbocycles. The van der Waals surface area contributed by atoms with E-state index in [2.05, 4.69) is 15.0 Å². The van der Waals surface area contributed by atoms with Crippen molar-refractivity contribution in [1.29, 1.82) is 0 Å². The van der Waals surface area contributed by atoms with E-state index in [0.29, 0.717) is 36.8 Å². The summed E-state index contributed by atoms with van der Waals surface area (Å²) >= 11 is 0. The largest absolute Gasteiger partial charge is 0.458 e. The fraction of sp³-hybridized carbons (Fsp3) is 0.762. The third-order valence-electron chi connectivity index (χ3n) is 4.16. The van der Waals surface area contributed by atoms with Crippen LogP contribution in [0.3, 0.4) is 0 Å². The van der Waals surface area contributed by atoms with Crippen molar-refractivity contribution in [3.05, 3.63) is 0 Å². The van der Waals surface area contributed by atoms with E-state index in [1.807, 2.05) is 6.92 Å². The van der Waals surface area contributed by atoms with Gasteiger partial charge in [-0.2, -0.15) is 0 Å². The summed E-state index contributed by atoms with van der Waals surface area (Å²) < 4.78 is 10.6. The van der Waals surface area contributed by atoms with Crippen molar-refractivity contribution in [2.45, 2.75) is 91.5 Å². The highest BCUT2D eigenvalue weighted by atomic mass is 16.6. The van der Waals surface area contributed by atoms with Crippen molar-refractivity contribution >= 4 is 29.3 Å². The zero-order valence-electron chi connectivity index (χ0n) is 19.6. The van der Waals surface area contributed by atoms with E-state index < -0.39 is 30.3 Å². The Morgan fingerprint density at radius 1 is 0.935 bits per heavy atom. The first kappa shape index (κ1) is 28.5. The fourth-order valence-electron chi connectivity index (χ4n) is 2.63. The van der Waals surface area contributed by atoms with Crippen LogP contribution in [0.4, 0.5) is 0 Å². The molecule has 0 aromatic heterocycles. The van der Waals surface area contributed by atoms with Gasteiger partial charge in [0.25, 0.3) is 0 Å². The Balaban J connectivity index is 4.67. The maximum atomic E-state index is 12.5. The summed E-state index contributed by atoms with van der Waals surface area (Å²) in [6, 6.07) is -1.40. The van der Waals surface area contributed by atoms with Gasteiger partial charge in [-0.05, 0) is 53.4 Å². The molecule has 0 aliphatic carbocycles. The average Bonchev–Trinajstić information content (AvgIpc) is 2.67. The van der Waals surface area contributed by atoms with E-state index in [1.165, 1.54) is 0 Å². The van der Waals surface area contributed by atoms with Crippen molar-refractivity contribution in [1.82, 2.24) is 0 Å². The normalized spacial score (nSPS) is 15.9. The minimum Gasteiger partial charge on any atom is -0.458 e. The van der Waals surface area contributed by atoms with Gasteiger partial charge in [0.15, 0.2) is 6.23 Å². The Bertz CT molecular complexity index is 640. The molecule has 3 atom stereocenters. The van der Waals surface area contributed by atoms with E-state index in [1.54, 1.807) is 27.7 Å². The lowest BCUT2D eigenvalue weighted by Gasteiger charge is -2.16. The van der Waals surface area contributed by atoms with Crippen LogP contribution in [-0.2, 0) is 19.1 Å². The molecule has 0 rings (SSSR count). The predicted molar refractivity (Wildman–Crippen MR) is 124 cm³/mol. The van der Waals surface area contributed by atoms with Crippen molar-refractivity contribution in [3.8, 4) is 0 Å². The molecule has 31 heavy (non-hydrogen) atoms. The highest BCUT2D eigenvalue weighted by molar-refractivity contribution is 5.89. The molecule has 0 radical (unpaired) electrons. The highest BCUT2D eigenvalue weighted by Crippen LogP contribution is 2.10. The van der Waals surface area contributed by atoms with Gasteiger partial charge >= 0.3 is 11.9 Å². The first-order valence-corrected chi connectivity index (χ1v) is 10.8. The monoisotopic (exact) mass is 440 g/mol. The Labute approximate surface area is 185 Å². The number of amidine groups is 2. The van der Waals surface area contributed by atoms with Crippen LogP contribution in [0.15, 0.2) is 15.0 Å². The summed E-state index contributed by atoms with van der Waals surface area (Å²) in [5.41, 5.74) is 17.4. The van der Waals surface area contributed by atoms with Crippen LogP contribution in [0.25, 0.3) is 0 Å². The van der Waals surface area contributed by atoms with Crippen molar-refractivity contribution in [3.63, 3.8) is 0 Å². The number of carbonyl (C=O) groups is 2. The van der Waals surface area contributed by atoms with Crippen molar-refractivity contribution in [2.24, 2.45) is 32.2 Å². The van der Waals surface area contributed by atoms with Crippen LogP contribution in [0.1, 0.15) is 73.1 Å². The van der Waals surface area contributed by atoms with Crippen LogP contribution in [0.5, 0.6) is 0 Å². The second kappa shape index (κ2) is 16.2. The Morgan fingerprint density at radius 2 is 1.61 bits per heavy atom. The first-order chi connectivity index (χ1) is 14.6. The molecule has 0 heterocycles. The minimum atomic E-state index is -0.713. The lowest BCUT2D eigenvalue weighted by atomic mass is 10.1. The van der Waals surface area contributed by atoms with Gasteiger partial charge in [0.2, 0.25) is 0 Å². The third kappa shape index (κ3) is 15.0. The molecule has 0 aromatic rings. The molecular weight excluding hydrogens is 400 g/mol. The molecule has 3 unspecified atom stereocenters.